The fourth-order valence-electron chi connectivity index (χ4n) is 8.35. The predicted octanol–water partition coefficient (Wildman–Crippen LogP) is 10.9. The average molecular weight is 684 g/mol. The summed E-state index contributed by atoms with van der Waals surface area (Å²) >= 11 is 0. The Balaban J connectivity index is 1.28. The summed E-state index contributed by atoms with van der Waals surface area (Å²) in [7, 11) is 0. The summed E-state index contributed by atoms with van der Waals surface area (Å²) in [5.74, 6) is 1.67. The maximum Gasteiger partial charge on any atom is 0.277 e. The molecular weight excluding hydrogens is 655 g/mol. The van der Waals surface area contributed by atoms with Crippen LogP contribution in [0.4, 0.5) is 23.0 Å². The highest BCUT2D eigenvalue weighted by Crippen LogP contribution is 2.64. The molecular formula is C46H29N5O2. The molecule has 10 rings (SSSR count). The van der Waals surface area contributed by atoms with Crippen LogP contribution in [0.2, 0.25) is 0 Å². The Bertz CT molecular complexity index is 2630. The summed E-state index contributed by atoms with van der Waals surface area (Å²) < 4.78 is 0. The minimum Gasteiger partial charge on any atom is -0.278 e. The molecule has 7 aromatic carbocycles. The predicted molar refractivity (Wildman–Crippen MR) is 208 cm³/mol. The van der Waals surface area contributed by atoms with Crippen molar-refractivity contribution >= 4 is 23.0 Å². The van der Waals surface area contributed by atoms with Crippen LogP contribution in [0.5, 0.6) is 0 Å². The number of nitrogens with zero attached hydrogens (tertiary/aromatic N) is 5. The van der Waals surface area contributed by atoms with Gasteiger partial charge in [-0.1, -0.05) is 152 Å². The summed E-state index contributed by atoms with van der Waals surface area (Å²) in [6, 6.07) is 58.6. The van der Waals surface area contributed by atoms with Crippen molar-refractivity contribution in [3.63, 3.8) is 0 Å². The van der Waals surface area contributed by atoms with Gasteiger partial charge in [0, 0.05) is 17.2 Å². The Kier molecular flexibility index (Phi) is 6.88. The molecule has 1 aromatic heterocycles. The highest BCUT2D eigenvalue weighted by molar-refractivity contribution is 6.00. The molecule has 0 saturated heterocycles. The average Bonchev–Trinajstić information content (AvgIpc) is 3.52. The number of nitro groups is 1. The van der Waals surface area contributed by atoms with Crippen LogP contribution < -0.4 is 4.90 Å². The van der Waals surface area contributed by atoms with Gasteiger partial charge in [-0.15, -0.1) is 0 Å². The van der Waals surface area contributed by atoms with Gasteiger partial charge in [-0.05, 0) is 57.1 Å². The number of fused-ring (bicyclic) bond motifs is 9. The first-order chi connectivity index (χ1) is 26.1. The number of hydrogen-bond donors (Lipinski definition) is 0. The molecule has 7 heteroatoms. The third-order valence-corrected chi connectivity index (χ3v) is 10.4. The van der Waals surface area contributed by atoms with Crippen LogP contribution in [-0.2, 0) is 5.41 Å². The number of aromatic nitrogens is 3. The molecule has 0 fully saturated rings. The molecule has 7 nitrogen and oxygen atoms in total. The Morgan fingerprint density at radius 1 is 0.453 bits per heavy atom. The molecule has 0 N–H and O–H groups in total. The SMILES string of the molecule is O=[N+]([O-])c1ccccc1-c1cccc2c1-c1ccccc1C21c2ccccc2N(c2nc(-c3ccccc3)nc(-c3ccccc3)n2)c2ccccc21. The van der Waals surface area contributed by atoms with Gasteiger partial charge >= 0.3 is 0 Å². The van der Waals surface area contributed by atoms with Gasteiger partial charge in [0.05, 0.1) is 27.3 Å². The maximum absolute atomic E-state index is 12.3. The van der Waals surface area contributed by atoms with E-state index in [2.05, 4.69) is 77.7 Å². The zero-order chi connectivity index (χ0) is 35.5. The molecule has 8 aromatic rings. The molecule has 0 atom stereocenters. The normalized spacial score (nSPS) is 13.2. The molecule has 0 saturated carbocycles. The van der Waals surface area contributed by atoms with E-state index in [1.165, 1.54) is 0 Å². The maximum atomic E-state index is 12.3. The zero-order valence-corrected chi connectivity index (χ0v) is 28.3. The largest absolute Gasteiger partial charge is 0.278 e. The fraction of sp³-hybridized carbons (Fsp3) is 0.0217. The summed E-state index contributed by atoms with van der Waals surface area (Å²) in [5, 5.41) is 12.3. The second-order valence-corrected chi connectivity index (χ2v) is 13.2. The summed E-state index contributed by atoms with van der Waals surface area (Å²) in [6.45, 7) is 0. The lowest BCUT2D eigenvalue weighted by molar-refractivity contribution is -0.384. The van der Waals surface area contributed by atoms with Gasteiger partial charge in [-0.2, -0.15) is 9.97 Å². The molecule has 0 bridgehead atoms. The van der Waals surface area contributed by atoms with Gasteiger partial charge in [0.25, 0.3) is 5.69 Å². The zero-order valence-electron chi connectivity index (χ0n) is 28.3. The van der Waals surface area contributed by atoms with E-state index in [4.69, 9.17) is 15.0 Å². The lowest BCUT2D eigenvalue weighted by Gasteiger charge is -2.44. The van der Waals surface area contributed by atoms with Crippen LogP contribution in [0.15, 0.2) is 176 Å². The molecule has 2 heterocycles. The van der Waals surface area contributed by atoms with E-state index in [0.717, 1.165) is 61.4 Å². The van der Waals surface area contributed by atoms with E-state index < -0.39 is 5.41 Å². The minimum absolute atomic E-state index is 0.0771. The van der Waals surface area contributed by atoms with Crippen molar-refractivity contribution in [2.24, 2.45) is 0 Å². The third kappa shape index (κ3) is 4.50. The molecule has 250 valence electrons. The molecule has 1 aliphatic heterocycles. The first kappa shape index (κ1) is 30.6. The first-order valence-electron chi connectivity index (χ1n) is 17.5. The fourth-order valence-corrected chi connectivity index (χ4v) is 8.35. The van der Waals surface area contributed by atoms with Crippen molar-refractivity contribution in [3.05, 3.63) is 208 Å². The second-order valence-electron chi connectivity index (χ2n) is 13.2. The molecule has 0 radical (unpaired) electrons. The van der Waals surface area contributed by atoms with Gasteiger partial charge in [-0.3, -0.25) is 15.0 Å². The number of rotatable bonds is 5. The van der Waals surface area contributed by atoms with Crippen molar-refractivity contribution in [2.45, 2.75) is 5.41 Å². The minimum atomic E-state index is -0.743. The lowest BCUT2D eigenvalue weighted by Crippen LogP contribution is -2.36. The van der Waals surface area contributed by atoms with Gasteiger partial charge in [0.15, 0.2) is 11.6 Å². The van der Waals surface area contributed by atoms with Crippen molar-refractivity contribution in [1.82, 2.24) is 15.0 Å². The Hall–Kier alpha value is -7.25. The number of hydrogen-bond acceptors (Lipinski definition) is 6. The highest BCUT2D eigenvalue weighted by atomic mass is 16.6. The smallest absolute Gasteiger partial charge is 0.277 e. The second kappa shape index (κ2) is 11.9. The topological polar surface area (TPSA) is 85.0 Å². The highest BCUT2D eigenvalue weighted by Gasteiger charge is 2.52. The molecule has 1 spiro atoms. The molecule has 0 unspecified atom stereocenters. The summed E-state index contributed by atoms with van der Waals surface area (Å²) in [4.78, 5) is 29.5. The third-order valence-electron chi connectivity index (χ3n) is 10.4. The van der Waals surface area contributed by atoms with Gasteiger partial charge in [0.2, 0.25) is 5.95 Å². The quantitative estimate of drug-likeness (QED) is 0.133. The number of anilines is 3. The first-order valence-corrected chi connectivity index (χ1v) is 17.5. The van der Waals surface area contributed by atoms with Gasteiger partial charge in [0.1, 0.15) is 0 Å². The Morgan fingerprint density at radius 2 is 0.925 bits per heavy atom. The van der Waals surface area contributed by atoms with Crippen LogP contribution in [0.1, 0.15) is 22.3 Å². The van der Waals surface area contributed by atoms with Gasteiger partial charge < -0.3 is 0 Å². The standard InChI is InChI=1S/C46H29N5O2/c52-51(53)39-27-12-8-20-32(39)33-22-15-26-38-42(33)34-21-7-9-23-35(34)46(38)36-24-10-13-28-40(36)50(41-29-14-11-25-37(41)46)45-48-43(30-16-3-1-4-17-30)47-44(49-45)31-18-5-2-6-19-31/h1-29H. The van der Waals surface area contributed by atoms with Crippen molar-refractivity contribution in [3.8, 4) is 45.0 Å². The molecule has 0 amide bonds. The van der Waals surface area contributed by atoms with Crippen LogP contribution in [-0.4, -0.2) is 19.9 Å². The van der Waals surface area contributed by atoms with E-state index >= 15 is 0 Å². The summed E-state index contributed by atoms with van der Waals surface area (Å²) in [6.07, 6.45) is 0. The number of benzene rings is 7. The monoisotopic (exact) mass is 683 g/mol. The van der Waals surface area contributed by atoms with E-state index in [-0.39, 0.29) is 10.6 Å². The van der Waals surface area contributed by atoms with Crippen LogP contribution in [0, 0.1) is 10.1 Å². The van der Waals surface area contributed by atoms with E-state index in [9.17, 15) is 10.1 Å². The Labute approximate surface area is 305 Å². The molecule has 2 aliphatic rings. The molecule has 53 heavy (non-hydrogen) atoms. The van der Waals surface area contributed by atoms with Crippen LogP contribution >= 0.6 is 0 Å². The summed E-state index contributed by atoms with van der Waals surface area (Å²) in [5.41, 5.74) is 10.8. The molecule has 1 aliphatic carbocycles. The van der Waals surface area contributed by atoms with Gasteiger partial charge in [-0.25, -0.2) is 4.98 Å². The van der Waals surface area contributed by atoms with Crippen molar-refractivity contribution in [2.75, 3.05) is 4.90 Å². The van der Waals surface area contributed by atoms with Crippen molar-refractivity contribution in [1.29, 1.82) is 0 Å². The van der Waals surface area contributed by atoms with Crippen LogP contribution in [0.3, 0.4) is 0 Å². The Morgan fingerprint density at radius 3 is 1.53 bits per heavy atom. The van der Waals surface area contributed by atoms with Crippen molar-refractivity contribution < 1.29 is 4.92 Å². The van der Waals surface area contributed by atoms with Crippen LogP contribution in [0.25, 0.3) is 45.0 Å². The number of nitro benzene ring substituents is 1. The van der Waals surface area contributed by atoms with E-state index in [1.54, 1.807) is 12.1 Å². The van der Waals surface area contributed by atoms with E-state index in [1.807, 2.05) is 91.0 Å². The lowest BCUT2D eigenvalue weighted by atomic mass is 9.64. The van der Waals surface area contributed by atoms with E-state index in [0.29, 0.717) is 23.2 Å². The number of para-hydroxylation sites is 3.